The van der Waals surface area contributed by atoms with Crippen molar-refractivity contribution < 1.29 is 9.90 Å². The summed E-state index contributed by atoms with van der Waals surface area (Å²) in [5, 5.41) is 12.9. The zero-order valence-corrected chi connectivity index (χ0v) is 12.1. The predicted octanol–water partition coefficient (Wildman–Crippen LogP) is 2.30. The summed E-state index contributed by atoms with van der Waals surface area (Å²) in [5.41, 5.74) is 1.97. The second-order valence-electron chi connectivity index (χ2n) is 6.42. The van der Waals surface area contributed by atoms with E-state index in [9.17, 15) is 9.90 Å². The van der Waals surface area contributed by atoms with Gasteiger partial charge in [0.2, 0.25) is 5.91 Å². The minimum atomic E-state index is -0.367. The van der Waals surface area contributed by atoms with Crippen LogP contribution >= 0.6 is 0 Å². The number of carbonyl (C=O) groups excluding carboxylic acids is 1. The Bertz CT molecular complexity index is 503. The van der Waals surface area contributed by atoms with Gasteiger partial charge >= 0.3 is 0 Å². The maximum absolute atomic E-state index is 12.6. The molecular formula is C17H23NO2. The molecule has 3 rings (SSSR count). The van der Waals surface area contributed by atoms with Gasteiger partial charge in [-0.1, -0.05) is 36.2 Å². The Balaban J connectivity index is 1.69. The zero-order chi connectivity index (χ0) is 14.2. The first-order chi connectivity index (χ1) is 9.62. The van der Waals surface area contributed by atoms with Crippen LogP contribution < -0.4 is 5.32 Å². The maximum atomic E-state index is 12.6. The molecule has 1 aromatic carbocycles. The first-order valence-corrected chi connectivity index (χ1v) is 7.65. The average Bonchev–Trinajstić information content (AvgIpc) is 3.19. The smallest absolute Gasteiger partial charge is 0.230 e. The van der Waals surface area contributed by atoms with Crippen LogP contribution in [0.5, 0.6) is 0 Å². The summed E-state index contributed by atoms with van der Waals surface area (Å²) in [6.45, 7) is 2.46. The summed E-state index contributed by atoms with van der Waals surface area (Å²) < 4.78 is 0. The number of carbonyl (C=O) groups is 1. The first kappa shape index (κ1) is 13.6. The molecule has 0 radical (unpaired) electrons. The third kappa shape index (κ3) is 2.47. The first-order valence-electron chi connectivity index (χ1n) is 7.65. The number of aliphatic hydroxyl groups is 1. The van der Waals surface area contributed by atoms with Crippen LogP contribution in [-0.2, 0) is 10.2 Å². The van der Waals surface area contributed by atoms with Crippen molar-refractivity contribution in [3.8, 4) is 0 Å². The zero-order valence-electron chi connectivity index (χ0n) is 12.1. The summed E-state index contributed by atoms with van der Waals surface area (Å²) in [7, 11) is 0. The van der Waals surface area contributed by atoms with Gasteiger partial charge in [-0.25, -0.2) is 0 Å². The van der Waals surface area contributed by atoms with E-state index in [1.807, 2.05) is 6.07 Å². The van der Waals surface area contributed by atoms with Gasteiger partial charge in [0.05, 0.1) is 11.5 Å². The van der Waals surface area contributed by atoms with Crippen LogP contribution in [0.25, 0.3) is 0 Å². The average molecular weight is 273 g/mol. The molecule has 0 heterocycles. The highest BCUT2D eigenvalue weighted by Gasteiger charge is 2.45. The third-order valence-corrected chi connectivity index (χ3v) is 4.85. The number of nitrogens with one attached hydrogen (secondary N) is 1. The summed E-state index contributed by atoms with van der Waals surface area (Å²) in [6.07, 6.45) is 4.77. The van der Waals surface area contributed by atoms with Crippen molar-refractivity contribution in [1.82, 2.24) is 5.32 Å². The van der Waals surface area contributed by atoms with Crippen molar-refractivity contribution in [2.24, 2.45) is 5.92 Å². The van der Waals surface area contributed by atoms with Crippen LogP contribution in [0.1, 0.15) is 43.2 Å². The normalized spacial score (nSPS) is 21.9. The predicted molar refractivity (Wildman–Crippen MR) is 78.4 cm³/mol. The van der Waals surface area contributed by atoms with E-state index in [2.05, 4.69) is 30.4 Å². The molecule has 0 saturated heterocycles. The molecule has 3 heteroatoms. The quantitative estimate of drug-likeness (QED) is 0.865. The van der Waals surface area contributed by atoms with Crippen molar-refractivity contribution in [2.75, 3.05) is 6.54 Å². The van der Waals surface area contributed by atoms with Crippen molar-refractivity contribution in [2.45, 2.75) is 50.5 Å². The van der Waals surface area contributed by atoms with Crippen LogP contribution in [0.4, 0.5) is 0 Å². The Morgan fingerprint density at radius 1 is 1.45 bits per heavy atom. The number of hydrogen-bond donors (Lipinski definition) is 2. The lowest BCUT2D eigenvalue weighted by Crippen LogP contribution is -2.50. The molecule has 0 aliphatic heterocycles. The van der Waals surface area contributed by atoms with Crippen LogP contribution in [0.2, 0.25) is 0 Å². The minimum absolute atomic E-state index is 0.0917. The fraction of sp³-hybridized carbons (Fsp3) is 0.588. The molecule has 0 aromatic heterocycles. The van der Waals surface area contributed by atoms with E-state index in [1.165, 1.54) is 5.56 Å². The molecule has 2 aliphatic rings. The van der Waals surface area contributed by atoms with E-state index in [1.54, 1.807) is 0 Å². The molecule has 1 amide bonds. The van der Waals surface area contributed by atoms with E-state index >= 15 is 0 Å². The highest BCUT2D eigenvalue weighted by Crippen LogP contribution is 2.44. The lowest BCUT2D eigenvalue weighted by atomic mass is 9.63. The molecule has 3 nitrogen and oxygen atoms in total. The molecule has 1 unspecified atom stereocenters. The van der Waals surface area contributed by atoms with Crippen LogP contribution in [0, 0.1) is 12.8 Å². The van der Waals surface area contributed by atoms with E-state index in [-0.39, 0.29) is 17.4 Å². The Morgan fingerprint density at radius 2 is 2.20 bits per heavy atom. The molecule has 108 valence electrons. The van der Waals surface area contributed by atoms with Crippen molar-refractivity contribution in [3.63, 3.8) is 0 Å². The Morgan fingerprint density at radius 3 is 2.75 bits per heavy atom. The van der Waals surface area contributed by atoms with Crippen molar-refractivity contribution in [1.29, 1.82) is 0 Å². The van der Waals surface area contributed by atoms with Gasteiger partial charge in [0.25, 0.3) is 0 Å². The molecule has 2 saturated carbocycles. The van der Waals surface area contributed by atoms with Crippen LogP contribution in [0.15, 0.2) is 24.3 Å². The van der Waals surface area contributed by atoms with Crippen molar-refractivity contribution >= 4 is 5.91 Å². The number of aliphatic hydroxyl groups excluding tert-OH is 1. The highest BCUT2D eigenvalue weighted by molar-refractivity contribution is 5.89. The molecule has 0 spiro atoms. The van der Waals surface area contributed by atoms with E-state index in [4.69, 9.17) is 0 Å². The van der Waals surface area contributed by atoms with Crippen LogP contribution in [0.3, 0.4) is 0 Å². The third-order valence-electron chi connectivity index (χ3n) is 4.85. The SMILES string of the molecule is Cc1cccc(C2(C(=O)NCC(O)C3CC3)CCC2)c1. The Labute approximate surface area is 120 Å². The van der Waals surface area contributed by atoms with Gasteiger partial charge in [-0.2, -0.15) is 0 Å². The molecule has 1 atom stereocenters. The number of benzene rings is 1. The van der Waals surface area contributed by atoms with Crippen molar-refractivity contribution in [3.05, 3.63) is 35.4 Å². The van der Waals surface area contributed by atoms with Gasteiger partial charge < -0.3 is 10.4 Å². The maximum Gasteiger partial charge on any atom is 0.230 e. The minimum Gasteiger partial charge on any atom is -0.391 e. The largest absolute Gasteiger partial charge is 0.391 e. The molecule has 2 N–H and O–H groups in total. The topological polar surface area (TPSA) is 49.3 Å². The number of rotatable bonds is 5. The monoisotopic (exact) mass is 273 g/mol. The number of aryl methyl sites for hydroxylation is 1. The summed E-state index contributed by atoms with van der Waals surface area (Å²) >= 11 is 0. The summed E-state index contributed by atoms with van der Waals surface area (Å²) in [5.74, 6) is 0.501. The molecule has 20 heavy (non-hydrogen) atoms. The van der Waals surface area contributed by atoms with Gasteiger partial charge in [0.1, 0.15) is 0 Å². The van der Waals surface area contributed by atoms with E-state index in [0.717, 1.165) is 37.7 Å². The second-order valence-corrected chi connectivity index (χ2v) is 6.42. The molecular weight excluding hydrogens is 250 g/mol. The number of hydrogen-bond acceptors (Lipinski definition) is 2. The fourth-order valence-electron chi connectivity index (χ4n) is 3.13. The Kier molecular flexibility index (Phi) is 3.55. The molecule has 1 aromatic rings. The highest BCUT2D eigenvalue weighted by atomic mass is 16.3. The Hall–Kier alpha value is -1.35. The van der Waals surface area contributed by atoms with Gasteiger partial charge in [-0.3, -0.25) is 4.79 Å². The molecule has 2 fully saturated rings. The lowest BCUT2D eigenvalue weighted by molar-refractivity contribution is -0.130. The lowest BCUT2D eigenvalue weighted by Gasteiger charge is -2.41. The summed E-state index contributed by atoms with van der Waals surface area (Å²) in [4.78, 5) is 12.6. The van der Waals surface area contributed by atoms with Gasteiger partial charge in [0, 0.05) is 6.54 Å². The van der Waals surface area contributed by atoms with E-state index in [0.29, 0.717) is 12.5 Å². The fourth-order valence-corrected chi connectivity index (χ4v) is 3.13. The summed E-state index contributed by atoms with van der Waals surface area (Å²) in [6, 6.07) is 8.26. The number of amides is 1. The molecule has 2 aliphatic carbocycles. The van der Waals surface area contributed by atoms with E-state index < -0.39 is 0 Å². The molecule has 0 bridgehead atoms. The van der Waals surface area contributed by atoms with Gasteiger partial charge in [0.15, 0.2) is 0 Å². The van der Waals surface area contributed by atoms with Gasteiger partial charge in [-0.15, -0.1) is 0 Å². The van der Waals surface area contributed by atoms with Gasteiger partial charge in [-0.05, 0) is 44.1 Å². The van der Waals surface area contributed by atoms with Crippen LogP contribution in [-0.4, -0.2) is 23.7 Å². The second kappa shape index (κ2) is 5.21. The standard InChI is InChI=1S/C17H23NO2/c1-12-4-2-5-14(10-12)17(8-3-9-17)16(20)18-11-15(19)13-6-7-13/h2,4-5,10,13,15,19H,3,6-9,11H2,1H3,(H,18,20).